The molecule has 0 atom stereocenters. The van der Waals surface area contributed by atoms with E-state index in [1.807, 2.05) is 18.2 Å². The molecule has 0 radical (unpaired) electrons. The van der Waals surface area contributed by atoms with E-state index in [9.17, 15) is 0 Å². The second-order valence-electron chi connectivity index (χ2n) is 6.08. The van der Waals surface area contributed by atoms with Gasteiger partial charge in [-0.1, -0.05) is 17.7 Å². The monoisotopic (exact) mass is 289 g/mol. The van der Waals surface area contributed by atoms with Crippen molar-refractivity contribution >= 4 is 17.3 Å². The van der Waals surface area contributed by atoms with Gasteiger partial charge in [0.2, 0.25) is 0 Å². The number of benzene rings is 1. The van der Waals surface area contributed by atoms with Crippen molar-refractivity contribution in [1.29, 1.82) is 5.26 Å². The largest absolute Gasteiger partial charge is 0.369 e. The first kappa shape index (κ1) is 13.7. The summed E-state index contributed by atoms with van der Waals surface area (Å²) in [4.78, 5) is 4.91. The smallest absolute Gasteiger partial charge is 0.0628 e. The number of nitriles is 1. The summed E-state index contributed by atoms with van der Waals surface area (Å²) in [7, 11) is 0. The molecule has 0 bridgehead atoms. The molecule has 4 heteroatoms. The fraction of sp³-hybridized carbons (Fsp3) is 0.562. The Balaban J connectivity index is 1.54. The van der Waals surface area contributed by atoms with Crippen LogP contribution in [0.1, 0.15) is 19.3 Å². The molecule has 3 nitrogen and oxygen atoms in total. The number of anilines is 1. The molecule has 2 aliphatic rings. The van der Waals surface area contributed by atoms with E-state index in [1.165, 1.54) is 18.5 Å². The molecule has 106 valence electrons. The van der Waals surface area contributed by atoms with Crippen LogP contribution in [-0.4, -0.2) is 37.6 Å². The minimum Gasteiger partial charge on any atom is -0.369 e. The molecule has 1 saturated heterocycles. The van der Waals surface area contributed by atoms with Gasteiger partial charge in [0.25, 0.3) is 0 Å². The molecule has 1 aromatic carbocycles. The van der Waals surface area contributed by atoms with Gasteiger partial charge in [-0.05, 0) is 36.5 Å². The highest BCUT2D eigenvalue weighted by Crippen LogP contribution is 2.49. The van der Waals surface area contributed by atoms with E-state index < -0.39 is 0 Å². The first-order valence-electron chi connectivity index (χ1n) is 7.31. The Hall–Kier alpha value is -1.24. The number of piperazine rings is 1. The third-order valence-corrected chi connectivity index (χ3v) is 4.75. The number of rotatable bonds is 4. The van der Waals surface area contributed by atoms with Crippen molar-refractivity contribution in [3.8, 4) is 6.07 Å². The maximum absolute atomic E-state index is 8.90. The average Bonchev–Trinajstić information content (AvgIpc) is 3.19. The van der Waals surface area contributed by atoms with Crippen LogP contribution in [0.4, 0.5) is 5.69 Å². The summed E-state index contributed by atoms with van der Waals surface area (Å²) in [5.41, 5.74) is 1.54. The molecule has 0 unspecified atom stereocenters. The quantitative estimate of drug-likeness (QED) is 0.853. The van der Waals surface area contributed by atoms with Crippen LogP contribution in [0.25, 0.3) is 0 Å². The van der Waals surface area contributed by atoms with Crippen LogP contribution >= 0.6 is 11.6 Å². The Bertz CT molecular complexity index is 511. The zero-order valence-electron chi connectivity index (χ0n) is 11.7. The van der Waals surface area contributed by atoms with Crippen LogP contribution in [0.15, 0.2) is 24.3 Å². The molecule has 0 amide bonds. The van der Waals surface area contributed by atoms with Gasteiger partial charge in [0.15, 0.2) is 0 Å². The molecular weight excluding hydrogens is 270 g/mol. The molecule has 1 aromatic rings. The van der Waals surface area contributed by atoms with Crippen molar-refractivity contribution in [1.82, 2.24) is 4.90 Å². The molecule has 2 fully saturated rings. The average molecular weight is 290 g/mol. The highest BCUT2D eigenvalue weighted by atomic mass is 35.5. The molecule has 1 heterocycles. The van der Waals surface area contributed by atoms with Crippen molar-refractivity contribution in [3.05, 3.63) is 29.3 Å². The second-order valence-corrected chi connectivity index (χ2v) is 6.51. The van der Waals surface area contributed by atoms with Gasteiger partial charge >= 0.3 is 0 Å². The zero-order chi connectivity index (χ0) is 14.0. The van der Waals surface area contributed by atoms with Crippen molar-refractivity contribution in [3.63, 3.8) is 0 Å². The summed E-state index contributed by atoms with van der Waals surface area (Å²) >= 11 is 6.06. The third-order valence-electron chi connectivity index (χ3n) is 4.52. The first-order valence-corrected chi connectivity index (χ1v) is 7.68. The predicted octanol–water partition coefficient (Wildman–Crippen LogP) is 3.16. The van der Waals surface area contributed by atoms with E-state index >= 15 is 0 Å². The van der Waals surface area contributed by atoms with Crippen LogP contribution < -0.4 is 4.90 Å². The lowest BCUT2D eigenvalue weighted by molar-refractivity contribution is 0.209. The summed E-state index contributed by atoms with van der Waals surface area (Å²) in [6.07, 6.45) is 3.19. The van der Waals surface area contributed by atoms with Crippen LogP contribution in [0.3, 0.4) is 0 Å². The maximum Gasteiger partial charge on any atom is 0.0628 e. The number of halogens is 1. The van der Waals surface area contributed by atoms with Gasteiger partial charge in [0.1, 0.15) is 0 Å². The van der Waals surface area contributed by atoms with Gasteiger partial charge < -0.3 is 4.90 Å². The topological polar surface area (TPSA) is 30.3 Å². The van der Waals surface area contributed by atoms with Crippen LogP contribution in [0.5, 0.6) is 0 Å². The molecule has 1 aliphatic carbocycles. The highest BCUT2D eigenvalue weighted by molar-refractivity contribution is 6.30. The van der Waals surface area contributed by atoms with Crippen molar-refractivity contribution in [2.24, 2.45) is 5.41 Å². The standard InChI is InChI=1S/C16H20ClN3/c17-14-2-1-3-15(12-14)20-10-8-19(9-11-20)13-16(4-5-16)6-7-18/h1-3,12H,4-6,8-11,13H2. The van der Waals surface area contributed by atoms with E-state index in [1.54, 1.807) is 0 Å². The fourth-order valence-corrected chi connectivity index (χ4v) is 3.23. The minimum atomic E-state index is 0.326. The number of nitrogens with zero attached hydrogens (tertiary/aromatic N) is 3. The molecule has 0 N–H and O–H groups in total. The lowest BCUT2D eigenvalue weighted by Crippen LogP contribution is -2.48. The van der Waals surface area contributed by atoms with Crippen molar-refractivity contribution < 1.29 is 0 Å². The summed E-state index contributed by atoms with van der Waals surface area (Å²) in [6.45, 7) is 5.36. The fourth-order valence-electron chi connectivity index (χ4n) is 3.05. The first-order chi connectivity index (χ1) is 9.71. The zero-order valence-corrected chi connectivity index (χ0v) is 12.4. The molecule has 0 spiro atoms. The third kappa shape index (κ3) is 3.08. The highest BCUT2D eigenvalue weighted by Gasteiger charge is 2.43. The minimum absolute atomic E-state index is 0.326. The van der Waals surface area contributed by atoms with Gasteiger partial charge in [-0.3, -0.25) is 4.90 Å². The summed E-state index contributed by atoms with van der Waals surface area (Å²) < 4.78 is 0. The Morgan fingerprint density at radius 2 is 1.95 bits per heavy atom. The van der Waals surface area contributed by atoms with Crippen molar-refractivity contribution in [2.75, 3.05) is 37.6 Å². The number of hydrogen-bond acceptors (Lipinski definition) is 3. The van der Waals surface area contributed by atoms with Crippen LogP contribution in [0.2, 0.25) is 5.02 Å². The van der Waals surface area contributed by atoms with E-state index in [0.29, 0.717) is 5.41 Å². The Kier molecular flexibility index (Phi) is 3.87. The molecular formula is C16H20ClN3. The van der Waals surface area contributed by atoms with Gasteiger partial charge in [0.05, 0.1) is 6.07 Å². The van der Waals surface area contributed by atoms with Gasteiger partial charge in [-0.15, -0.1) is 0 Å². The maximum atomic E-state index is 8.90. The van der Waals surface area contributed by atoms with Gasteiger partial charge in [-0.25, -0.2) is 0 Å². The Morgan fingerprint density at radius 1 is 1.20 bits per heavy atom. The summed E-state index contributed by atoms with van der Waals surface area (Å²) in [5, 5.41) is 9.70. The van der Waals surface area contributed by atoms with E-state index in [-0.39, 0.29) is 0 Å². The predicted molar refractivity (Wildman–Crippen MR) is 82.0 cm³/mol. The Morgan fingerprint density at radius 3 is 2.55 bits per heavy atom. The molecule has 1 aliphatic heterocycles. The summed E-state index contributed by atoms with van der Waals surface area (Å²) in [6, 6.07) is 10.4. The van der Waals surface area contributed by atoms with Crippen LogP contribution in [-0.2, 0) is 0 Å². The van der Waals surface area contributed by atoms with E-state index in [2.05, 4.69) is 21.9 Å². The lowest BCUT2D eigenvalue weighted by atomic mass is 10.0. The summed E-state index contributed by atoms with van der Waals surface area (Å²) in [5.74, 6) is 0. The van der Waals surface area contributed by atoms with E-state index in [0.717, 1.165) is 44.2 Å². The van der Waals surface area contributed by atoms with Crippen molar-refractivity contribution in [2.45, 2.75) is 19.3 Å². The van der Waals surface area contributed by atoms with Gasteiger partial charge in [0, 0.05) is 49.9 Å². The number of hydrogen-bond donors (Lipinski definition) is 0. The molecule has 3 rings (SSSR count). The molecule has 0 aromatic heterocycles. The Labute approximate surface area is 125 Å². The van der Waals surface area contributed by atoms with Gasteiger partial charge in [-0.2, -0.15) is 5.26 Å². The normalized spacial score (nSPS) is 21.5. The van der Waals surface area contributed by atoms with Crippen LogP contribution in [0, 0.1) is 16.7 Å². The molecule has 20 heavy (non-hydrogen) atoms. The second kappa shape index (κ2) is 5.63. The SMILES string of the molecule is N#CCC1(CN2CCN(c3cccc(Cl)c3)CC2)CC1. The molecule has 1 saturated carbocycles. The van der Waals surface area contributed by atoms with E-state index in [4.69, 9.17) is 16.9 Å². The lowest BCUT2D eigenvalue weighted by Gasteiger charge is -2.37.